The van der Waals surface area contributed by atoms with E-state index < -0.39 is 0 Å². The lowest BCUT2D eigenvalue weighted by Gasteiger charge is -2.10. The highest BCUT2D eigenvalue weighted by Crippen LogP contribution is 2.15. The molecule has 0 atom stereocenters. The van der Waals surface area contributed by atoms with E-state index in [9.17, 15) is 4.79 Å². The predicted octanol–water partition coefficient (Wildman–Crippen LogP) is 2.50. The SMILES string of the molecule is Cc1ccnc(Nc2cc(NCCNC(=O)Cn3cnc4ccccc43)ncn2)c1. The zero-order valence-electron chi connectivity index (χ0n) is 16.5. The van der Waals surface area contributed by atoms with Gasteiger partial charge in [-0.2, -0.15) is 0 Å². The summed E-state index contributed by atoms with van der Waals surface area (Å²) >= 11 is 0. The molecular weight excluding hydrogens is 380 g/mol. The molecule has 1 aromatic carbocycles. The molecule has 0 aliphatic rings. The Morgan fingerprint density at radius 2 is 1.80 bits per heavy atom. The second-order valence-electron chi connectivity index (χ2n) is 6.77. The van der Waals surface area contributed by atoms with E-state index in [1.54, 1.807) is 18.6 Å². The average Bonchev–Trinajstić information content (AvgIpc) is 3.14. The van der Waals surface area contributed by atoms with Gasteiger partial charge in [0, 0.05) is 25.4 Å². The van der Waals surface area contributed by atoms with E-state index in [4.69, 9.17) is 0 Å². The molecule has 4 aromatic rings. The van der Waals surface area contributed by atoms with Crippen LogP contribution in [0.5, 0.6) is 0 Å². The van der Waals surface area contributed by atoms with Crippen molar-refractivity contribution < 1.29 is 4.79 Å². The molecule has 1 amide bonds. The van der Waals surface area contributed by atoms with E-state index in [1.165, 1.54) is 6.33 Å². The Kier molecular flexibility index (Phi) is 5.79. The number of carbonyl (C=O) groups excluding carboxylic acids is 1. The Bertz CT molecular complexity index is 1160. The molecule has 0 bridgehead atoms. The van der Waals surface area contributed by atoms with Crippen molar-refractivity contribution >= 4 is 34.4 Å². The third kappa shape index (κ3) is 4.88. The van der Waals surface area contributed by atoms with Gasteiger partial charge in [-0.1, -0.05) is 12.1 Å². The molecule has 3 heterocycles. The smallest absolute Gasteiger partial charge is 0.240 e. The second-order valence-corrected chi connectivity index (χ2v) is 6.77. The van der Waals surface area contributed by atoms with Gasteiger partial charge in [-0.3, -0.25) is 4.79 Å². The highest BCUT2D eigenvalue weighted by Gasteiger charge is 2.06. The molecule has 4 rings (SSSR count). The van der Waals surface area contributed by atoms with Crippen molar-refractivity contribution in [1.29, 1.82) is 0 Å². The first kappa shape index (κ1) is 19.3. The van der Waals surface area contributed by atoms with Crippen LogP contribution in [0.15, 0.2) is 61.3 Å². The van der Waals surface area contributed by atoms with Crippen LogP contribution in [0.25, 0.3) is 11.0 Å². The maximum Gasteiger partial charge on any atom is 0.240 e. The number of benzene rings is 1. The number of nitrogens with one attached hydrogen (secondary N) is 3. The molecule has 9 nitrogen and oxygen atoms in total. The Hall–Kier alpha value is -4.01. The standard InChI is InChI=1S/C21H22N8O/c1-15-6-7-22-19(10-15)28-20-11-18(25-13-26-20)23-8-9-24-21(30)12-29-14-27-16-4-2-3-5-17(16)29/h2-7,10-11,13-14H,8-9,12H2,1H3,(H,24,30)(H2,22,23,25,26,28). The first-order valence-electron chi connectivity index (χ1n) is 9.59. The largest absolute Gasteiger partial charge is 0.368 e. The Labute approximate surface area is 173 Å². The van der Waals surface area contributed by atoms with Gasteiger partial charge in [0.1, 0.15) is 30.3 Å². The van der Waals surface area contributed by atoms with Crippen LogP contribution in [0.4, 0.5) is 17.5 Å². The number of rotatable bonds is 8. The molecule has 3 aromatic heterocycles. The van der Waals surface area contributed by atoms with Gasteiger partial charge in [0.15, 0.2) is 0 Å². The van der Waals surface area contributed by atoms with Gasteiger partial charge in [-0.15, -0.1) is 0 Å². The number of anilines is 3. The highest BCUT2D eigenvalue weighted by molar-refractivity contribution is 5.80. The van der Waals surface area contributed by atoms with Crippen molar-refractivity contribution in [2.24, 2.45) is 0 Å². The fourth-order valence-electron chi connectivity index (χ4n) is 3.00. The van der Waals surface area contributed by atoms with Gasteiger partial charge in [0.2, 0.25) is 5.91 Å². The van der Waals surface area contributed by atoms with Crippen LogP contribution in [0.1, 0.15) is 5.56 Å². The summed E-state index contributed by atoms with van der Waals surface area (Å²) in [6.07, 6.45) is 4.90. The molecule has 0 radical (unpaired) electrons. The van der Waals surface area contributed by atoms with E-state index in [1.807, 2.05) is 47.9 Å². The number of aryl methyl sites for hydroxylation is 1. The fourth-order valence-corrected chi connectivity index (χ4v) is 3.00. The van der Waals surface area contributed by atoms with Crippen molar-refractivity contribution in [3.63, 3.8) is 0 Å². The maximum atomic E-state index is 12.2. The summed E-state index contributed by atoms with van der Waals surface area (Å²) in [6, 6.07) is 13.4. The third-order valence-corrected chi connectivity index (χ3v) is 4.43. The predicted molar refractivity (Wildman–Crippen MR) is 116 cm³/mol. The maximum absolute atomic E-state index is 12.2. The lowest BCUT2D eigenvalue weighted by molar-refractivity contribution is -0.121. The quantitative estimate of drug-likeness (QED) is 0.389. The summed E-state index contributed by atoms with van der Waals surface area (Å²) < 4.78 is 1.83. The van der Waals surface area contributed by atoms with Gasteiger partial charge in [-0.05, 0) is 36.8 Å². The number of nitrogens with zero attached hydrogens (tertiary/aromatic N) is 5. The van der Waals surface area contributed by atoms with E-state index >= 15 is 0 Å². The number of para-hydroxylation sites is 2. The summed E-state index contributed by atoms with van der Waals surface area (Å²) in [5.41, 5.74) is 2.93. The monoisotopic (exact) mass is 402 g/mol. The highest BCUT2D eigenvalue weighted by atomic mass is 16.1. The number of imidazole rings is 1. The van der Waals surface area contributed by atoms with Crippen molar-refractivity contribution in [3.8, 4) is 0 Å². The normalized spacial score (nSPS) is 10.7. The molecule has 0 unspecified atom stereocenters. The number of hydrogen-bond acceptors (Lipinski definition) is 7. The van der Waals surface area contributed by atoms with Crippen molar-refractivity contribution in [2.45, 2.75) is 13.5 Å². The summed E-state index contributed by atoms with van der Waals surface area (Å²) in [7, 11) is 0. The fraction of sp³-hybridized carbons (Fsp3) is 0.190. The Morgan fingerprint density at radius 1 is 0.967 bits per heavy atom. The summed E-state index contributed by atoms with van der Waals surface area (Å²) in [6.45, 7) is 3.24. The number of hydrogen-bond donors (Lipinski definition) is 3. The van der Waals surface area contributed by atoms with Crippen LogP contribution in [-0.2, 0) is 11.3 Å². The Morgan fingerprint density at radius 3 is 2.70 bits per heavy atom. The zero-order chi connectivity index (χ0) is 20.8. The van der Waals surface area contributed by atoms with E-state index in [0.717, 1.165) is 22.4 Å². The molecule has 0 saturated carbocycles. The lowest BCUT2D eigenvalue weighted by atomic mass is 10.3. The molecule has 3 N–H and O–H groups in total. The van der Waals surface area contributed by atoms with Crippen LogP contribution >= 0.6 is 0 Å². The minimum atomic E-state index is -0.0736. The number of pyridine rings is 1. The molecular formula is C21H22N8O. The van der Waals surface area contributed by atoms with E-state index in [2.05, 4.69) is 35.9 Å². The molecule has 0 spiro atoms. The first-order valence-corrected chi connectivity index (χ1v) is 9.59. The van der Waals surface area contributed by atoms with Crippen molar-refractivity contribution in [3.05, 3.63) is 66.9 Å². The summed E-state index contributed by atoms with van der Waals surface area (Å²) in [5.74, 6) is 1.95. The first-order chi connectivity index (χ1) is 14.7. The molecule has 0 aliphatic carbocycles. The zero-order valence-corrected chi connectivity index (χ0v) is 16.5. The summed E-state index contributed by atoms with van der Waals surface area (Å²) in [4.78, 5) is 29.2. The molecule has 0 aliphatic heterocycles. The van der Waals surface area contributed by atoms with E-state index in [0.29, 0.717) is 24.7 Å². The minimum absolute atomic E-state index is 0.0736. The minimum Gasteiger partial charge on any atom is -0.368 e. The molecule has 0 saturated heterocycles. The number of amides is 1. The average molecular weight is 402 g/mol. The van der Waals surface area contributed by atoms with Gasteiger partial charge in [0.05, 0.1) is 17.4 Å². The van der Waals surface area contributed by atoms with Gasteiger partial charge in [0.25, 0.3) is 0 Å². The van der Waals surface area contributed by atoms with Crippen molar-refractivity contribution in [1.82, 2.24) is 29.8 Å². The van der Waals surface area contributed by atoms with E-state index in [-0.39, 0.29) is 12.5 Å². The van der Waals surface area contributed by atoms with Crippen LogP contribution < -0.4 is 16.0 Å². The number of aromatic nitrogens is 5. The Balaban J connectivity index is 1.25. The van der Waals surface area contributed by atoms with Gasteiger partial charge < -0.3 is 20.5 Å². The van der Waals surface area contributed by atoms with Crippen molar-refractivity contribution in [2.75, 3.05) is 23.7 Å². The topological polar surface area (TPSA) is 110 Å². The van der Waals surface area contributed by atoms with Crippen LogP contribution in [0.3, 0.4) is 0 Å². The molecule has 30 heavy (non-hydrogen) atoms. The number of carbonyl (C=O) groups is 1. The molecule has 0 fully saturated rings. The lowest BCUT2D eigenvalue weighted by Crippen LogP contribution is -2.31. The number of fused-ring (bicyclic) bond motifs is 1. The van der Waals surface area contributed by atoms with Crippen LogP contribution in [0, 0.1) is 6.92 Å². The van der Waals surface area contributed by atoms with Crippen LogP contribution in [0.2, 0.25) is 0 Å². The molecule has 152 valence electrons. The van der Waals surface area contributed by atoms with Gasteiger partial charge >= 0.3 is 0 Å². The van der Waals surface area contributed by atoms with Gasteiger partial charge in [-0.25, -0.2) is 19.9 Å². The molecule has 9 heteroatoms. The second kappa shape index (κ2) is 8.99. The summed E-state index contributed by atoms with van der Waals surface area (Å²) in [5, 5.41) is 9.23. The van der Waals surface area contributed by atoms with Crippen LogP contribution in [-0.4, -0.2) is 43.5 Å². The third-order valence-electron chi connectivity index (χ3n) is 4.43.